The molecule has 3 heterocycles. The van der Waals surface area contributed by atoms with Crippen LogP contribution in [0.5, 0.6) is 5.88 Å². The smallest absolute Gasteiger partial charge is 0.255 e. The molecule has 1 saturated heterocycles. The molecule has 32 heavy (non-hydrogen) atoms. The second-order valence-electron chi connectivity index (χ2n) is 7.79. The summed E-state index contributed by atoms with van der Waals surface area (Å²) in [4.78, 5) is 18.9. The van der Waals surface area contributed by atoms with Crippen molar-refractivity contribution < 1.29 is 18.3 Å². The fourth-order valence-corrected chi connectivity index (χ4v) is 4.03. The van der Waals surface area contributed by atoms with E-state index in [1.165, 1.54) is 18.5 Å². The molecule has 9 heteroatoms. The molecule has 0 radical (unpaired) electrons. The molecule has 1 fully saturated rings. The maximum Gasteiger partial charge on any atom is 0.255 e. The quantitative estimate of drug-likeness (QED) is 0.565. The van der Waals surface area contributed by atoms with Crippen molar-refractivity contribution in [2.45, 2.75) is 19.3 Å². The van der Waals surface area contributed by atoms with Gasteiger partial charge in [0, 0.05) is 37.2 Å². The zero-order valence-corrected chi connectivity index (χ0v) is 18.1. The number of rotatable bonds is 5. The van der Waals surface area contributed by atoms with Crippen LogP contribution in [0.1, 0.15) is 34.0 Å². The number of benzene rings is 1. The average molecular weight is 459 g/mol. The summed E-state index contributed by atoms with van der Waals surface area (Å²) >= 11 is 5.87. The highest BCUT2D eigenvalue weighted by atomic mass is 35.5. The summed E-state index contributed by atoms with van der Waals surface area (Å²) in [6.07, 6.45) is 3.56. The molecule has 4 rings (SSSR count). The lowest BCUT2D eigenvalue weighted by Gasteiger charge is -2.38. The standard InChI is InChI=1S/C23H21ClF2N4O2/c1-14-8-17(10-28-29-14)23(31)30-7-6-16(13-32-22-5-3-18(24)11-27-22)19(12-30)15-2-4-20(25)21(26)9-15/h2-5,8-11,16,19H,6-7,12-13H2,1H3/t16?,19-/m1/s1. The number of hydrogen-bond donors (Lipinski definition) is 0. The number of likely N-dealkylation sites (tertiary alicyclic amines) is 1. The van der Waals surface area contributed by atoms with Gasteiger partial charge in [-0.2, -0.15) is 10.2 Å². The van der Waals surface area contributed by atoms with E-state index < -0.39 is 11.6 Å². The lowest BCUT2D eigenvalue weighted by molar-refractivity contribution is 0.0614. The van der Waals surface area contributed by atoms with Gasteiger partial charge in [0.05, 0.1) is 29.1 Å². The molecular formula is C23H21ClF2N4O2. The molecule has 1 aliphatic heterocycles. The number of nitrogens with zero attached hydrogens (tertiary/aromatic N) is 4. The van der Waals surface area contributed by atoms with Crippen LogP contribution in [0, 0.1) is 24.5 Å². The van der Waals surface area contributed by atoms with Gasteiger partial charge in [-0.3, -0.25) is 4.79 Å². The Morgan fingerprint density at radius 2 is 2.03 bits per heavy atom. The van der Waals surface area contributed by atoms with E-state index in [0.29, 0.717) is 53.8 Å². The van der Waals surface area contributed by atoms with Crippen LogP contribution >= 0.6 is 11.6 Å². The van der Waals surface area contributed by atoms with E-state index in [9.17, 15) is 13.6 Å². The summed E-state index contributed by atoms with van der Waals surface area (Å²) in [6.45, 7) is 2.92. The SMILES string of the molecule is Cc1cc(C(=O)N2CCC(COc3ccc(Cl)cn3)[C@@H](c3ccc(F)c(F)c3)C2)cnn1. The molecular weight excluding hydrogens is 438 g/mol. The largest absolute Gasteiger partial charge is 0.477 e. The van der Waals surface area contributed by atoms with Crippen LogP contribution in [0.2, 0.25) is 5.02 Å². The number of piperidine rings is 1. The van der Waals surface area contributed by atoms with Crippen molar-refractivity contribution >= 4 is 17.5 Å². The third kappa shape index (κ3) is 5.02. The first-order chi connectivity index (χ1) is 15.4. The molecule has 166 valence electrons. The van der Waals surface area contributed by atoms with Crippen LogP contribution in [0.15, 0.2) is 48.8 Å². The normalized spacial score (nSPS) is 18.4. The van der Waals surface area contributed by atoms with Gasteiger partial charge in [-0.1, -0.05) is 17.7 Å². The van der Waals surface area contributed by atoms with Crippen molar-refractivity contribution in [2.75, 3.05) is 19.7 Å². The molecule has 0 aliphatic carbocycles. The monoisotopic (exact) mass is 458 g/mol. The number of aryl methyl sites for hydroxylation is 1. The van der Waals surface area contributed by atoms with Gasteiger partial charge in [-0.25, -0.2) is 13.8 Å². The van der Waals surface area contributed by atoms with Crippen molar-refractivity contribution in [3.8, 4) is 5.88 Å². The lowest BCUT2D eigenvalue weighted by atomic mass is 9.81. The third-order valence-corrected chi connectivity index (χ3v) is 5.81. The lowest BCUT2D eigenvalue weighted by Crippen LogP contribution is -2.44. The van der Waals surface area contributed by atoms with Gasteiger partial charge in [-0.05, 0) is 43.2 Å². The molecule has 3 aromatic rings. The molecule has 0 bridgehead atoms. The summed E-state index contributed by atoms with van der Waals surface area (Å²) in [6, 6.07) is 8.90. The second-order valence-corrected chi connectivity index (χ2v) is 8.23. The fourth-order valence-electron chi connectivity index (χ4n) is 3.92. The van der Waals surface area contributed by atoms with Crippen LogP contribution < -0.4 is 4.74 Å². The first-order valence-corrected chi connectivity index (χ1v) is 10.6. The number of pyridine rings is 1. The maximum atomic E-state index is 14.0. The molecule has 6 nitrogen and oxygen atoms in total. The summed E-state index contributed by atoms with van der Waals surface area (Å²) < 4.78 is 33.4. The third-order valence-electron chi connectivity index (χ3n) is 5.58. The Morgan fingerprint density at radius 1 is 1.19 bits per heavy atom. The van der Waals surface area contributed by atoms with Crippen molar-refractivity contribution in [3.63, 3.8) is 0 Å². The highest BCUT2D eigenvalue weighted by Gasteiger charge is 2.34. The van der Waals surface area contributed by atoms with Gasteiger partial charge in [0.1, 0.15) is 0 Å². The highest BCUT2D eigenvalue weighted by Crippen LogP contribution is 2.34. The van der Waals surface area contributed by atoms with Crippen LogP contribution in [0.3, 0.4) is 0 Å². The van der Waals surface area contributed by atoms with Gasteiger partial charge in [0.15, 0.2) is 11.6 Å². The minimum absolute atomic E-state index is 0.0290. The van der Waals surface area contributed by atoms with E-state index >= 15 is 0 Å². The minimum atomic E-state index is -0.918. The number of halogens is 3. The fraction of sp³-hybridized carbons (Fsp3) is 0.304. The van der Waals surface area contributed by atoms with Crippen LogP contribution in [-0.2, 0) is 0 Å². The summed E-state index contributed by atoms with van der Waals surface area (Å²) in [7, 11) is 0. The van der Waals surface area contributed by atoms with Crippen LogP contribution in [-0.4, -0.2) is 45.7 Å². The molecule has 0 spiro atoms. The van der Waals surface area contributed by atoms with Gasteiger partial charge < -0.3 is 9.64 Å². The van der Waals surface area contributed by atoms with Crippen LogP contribution in [0.25, 0.3) is 0 Å². The van der Waals surface area contributed by atoms with Gasteiger partial charge in [-0.15, -0.1) is 0 Å². The average Bonchev–Trinajstić information content (AvgIpc) is 2.80. The molecule has 1 amide bonds. The van der Waals surface area contributed by atoms with Crippen molar-refractivity contribution in [1.82, 2.24) is 20.1 Å². The zero-order valence-electron chi connectivity index (χ0n) is 17.3. The first kappa shape index (κ1) is 22.1. The maximum absolute atomic E-state index is 14.0. The number of aromatic nitrogens is 3. The zero-order chi connectivity index (χ0) is 22.7. The predicted octanol–water partition coefficient (Wildman–Crippen LogP) is 4.44. The van der Waals surface area contributed by atoms with Crippen molar-refractivity contribution in [3.05, 3.63) is 82.3 Å². The Bertz CT molecular complexity index is 1110. The van der Waals surface area contributed by atoms with Crippen molar-refractivity contribution in [1.29, 1.82) is 0 Å². The Labute approximate surface area is 189 Å². The second kappa shape index (κ2) is 9.56. The first-order valence-electron chi connectivity index (χ1n) is 10.2. The summed E-state index contributed by atoms with van der Waals surface area (Å²) in [5.74, 6) is -1.85. The summed E-state index contributed by atoms with van der Waals surface area (Å²) in [5.41, 5.74) is 1.71. The van der Waals surface area contributed by atoms with Gasteiger partial charge >= 0.3 is 0 Å². The summed E-state index contributed by atoms with van der Waals surface area (Å²) in [5, 5.41) is 8.25. The number of carbonyl (C=O) groups is 1. The van der Waals surface area contributed by atoms with Crippen LogP contribution in [0.4, 0.5) is 8.78 Å². The molecule has 1 aliphatic rings. The Kier molecular flexibility index (Phi) is 6.60. The molecule has 0 N–H and O–H groups in total. The molecule has 2 atom stereocenters. The molecule has 1 aromatic carbocycles. The van der Waals surface area contributed by atoms with E-state index in [-0.39, 0.29) is 17.7 Å². The molecule has 1 unspecified atom stereocenters. The van der Waals surface area contributed by atoms with E-state index in [4.69, 9.17) is 16.3 Å². The topological polar surface area (TPSA) is 68.2 Å². The Balaban J connectivity index is 1.55. The number of carbonyl (C=O) groups excluding carboxylic acids is 1. The van der Waals surface area contributed by atoms with E-state index in [0.717, 1.165) is 6.07 Å². The van der Waals surface area contributed by atoms with E-state index in [2.05, 4.69) is 15.2 Å². The molecule has 0 saturated carbocycles. The van der Waals surface area contributed by atoms with E-state index in [1.54, 1.807) is 36.1 Å². The number of ether oxygens (including phenoxy) is 1. The minimum Gasteiger partial charge on any atom is -0.477 e. The van der Waals surface area contributed by atoms with Crippen molar-refractivity contribution in [2.24, 2.45) is 5.92 Å². The number of amides is 1. The Hall–Kier alpha value is -3.13. The van der Waals surface area contributed by atoms with Gasteiger partial charge in [0.25, 0.3) is 5.91 Å². The van der Waals surface area contributed by atoms with E-state index in [1.807, 2.05) is 0 Å². The number of hydrogen-bond acceptors (Lipinski definition) is 5. The van der Waals surface area contributed by atoms with Gasteiger partial charge in [0.2, 0.25) is 5.88 Å². The molecule has 2 aromatic heterocycles. The Morgan fingerprint density at radius 3 is 2.75 bits per heavy atom. The predicted molar refractivity (Wildman–Crippen MR) is 115 cm³/mol. The highest BCUT2D eigenvalue weighted by molar-refractivity contribution is 6.30.